The van der Waals surface area contributed by atoms with Gasteiger partial charge in [0, 0.05) is 6.20 Å². The lowest BCUT2D eigenvalue weighted by molar-refractivity contribution is 0.0690. The number of aryl methyl sites for hydroxylation is 1. The Morgan fingerprint density at radius 3 is 2.43 bits per heavy atom. The second-order valence-corrected chi connectivity index (χ2v) is 2.69. The molecule has 0 spiro atoms. The Morgan fingerprint density at radius 1 is 1.36 bits per heavy atom. The van der Waals surface area contributed by atoms with Gasteiger partial charge in [0.1, 0.15) is 5.69 Å². The van der Waals surface area contributed by atoms with Gasteiger partial charge in [-0.05, 0) is 18.1 Å². The first kappa shape index (κ1) is 10.2. The highest BCUT2D eigenvalue weighted by Crippen LogP contribution is 2.10. The minimum atomic E-state index is -1.23. The van der Waals surface area contributed by atoms with Crippen LogP contribution in [0.4, 0.5) is 0 Å². The molecule has 0 fully saturated rings. The number of aromatic nitrogens is 1. The number of hydrogen-bond donors (Lipinski definition) is 2. The molecule has 1 aromatic rings. The van der Waals surface area contributed by atoms with Crippen LogP contribution in [0.5, 0.6) is 0 Å². The van der Waals surface area contributed by atoms with Crippen molar-refractivity contribution in [3.05, 3.63) is 29.1 Å². The third kappa shape index (κ3) is 1.87. The molecule has 2 N–H and O–H groups in total. The average molecular weight is 195 g/mol. The van der Waals surface area contributed by atoms with Gasteiger partial charge in [0.15, 0.2) is 0 Å². The van der Waals surface area contributed by atoms with E-state index in [1.807, 2.05) is 0 Å². The molecule has 1 heterocycles. The third-order valence-corrected chi connectivity index (χ3v) is 1.82. The van der Waals surface area contributed by atoms with Gasteiger partial charge in [-0.15, -0.1) is 0 Å². The number of pyridine rings is 1. The largest absolute Gasteiger partial charge is 0.478 e. The maximum absolute atomic E-state index is 10.7. The maximum atomic E-state index is 10.7. The van der Waals surface area contributed by atoms with Gasteiger partial charge in [0.05, 0.1) is 5.56 Å². The summed E-state index contributed by atoms with van der Waals surface area (Å²) in [5, 5.41) is 17.4. The van der Waals surface area contributed by atoms with Crippen molar-refractivity contribution in [3.8, 4) is 0 Å². The number of rotatable bonds is 3. The fraction of sp³-hybridized carbons (Fsp3) is 0.222. The summed E-state index contributed by atoms with van der Waals surface area (Å²) in [5.74, 6) is -2.36. The standard InChI is InChI=1S/C9H9NO4/c1-2-5-4-10-7(9(13)14)3-6(5)8(11)12/h3-4H,2H2,1H3,(H,11,12)(H,13,14). The van der Waals surface area contributed by atoms with Gasteiger partial charge in [-0.25, -0.2) is 14.6 Å². The van der Waals surface area contributed by atoms with Crippen LogP contribution in [0.3, 0.4) is 0 Å². The molecule has 0 saturated heterocycles. The van der Waals surface area contributed by atoms with Crippen molar-refractivity contribution < 1.29 is 19.8 Å². The number of aromatic carboxylic acids is 2. The summed E-state index contributed by atoms with van der Waals surface area (Å²) in [7, 11) is 0. The number of hydrogen-bond acceptors (Lipinski definition) is 3. The van der Waals surface area contributed by atoms with Crippen LogP contribution in [0, 0.1) is 0 Å². The number of nitrogens with zero attached hydrogens (tertiary/aromatic N) is 1. The molecule has 5 heteroatoms. The monoisotopic (exact) mass is 195 g/mol. The normalized spacial score (nSPS) is 9.79. The van der Waals surface area contributed by atoms with Crippen molar-refractivity contribution in [1.29, 1.82) is 0 Å². The van der Waals surface area contributed by atoms with Crippen molar-refractivity contribution in [2.45, 2.75) is 13.3 Å². The van der Waals surface area contributed by atoms with E-state index in [0.29, 0.717) is 12.0 Å². The summed E-state index contributed by atoms with van der Waals surface area (Å²) < 4.78 is 0. The van der Waals surface area contributed by atoms with Crippen LogP contribution >= 0.6 is 0 Å². The fourth-order valence-electron chi connectivity index (χ4n) is 1.08. The van der Waals surface area contributed by atoms with Gasteiger partial charge in [-0.1, -0.05) is 6.92 Å². The molecule has 1 aromatic heterocycles. The van der Waals surface area contributed by atoms with Crippen molar-refractivity contribution in [2.24, 2.45) is 0 Å². The van der Waals surface area contributed by atoms with Crippen LogP contribution in [0.1, 0.15) is 33.3 Å². The number of carbonyl (C=O) groups is 2. The Bertz CT molecular complexity index is 386. The number of carboxylic acid groups (broad SMARTS) is 2. The molecule has 74 valence electrons. The maximum Gasteiger partial charge on any atom is 0.354 e. The zero-order valence-electron chi connectivity index (χ0n) is 7.52. The molecule has 0 unspecified atom stereocenters. The van der Waals surface area contributed by atoms with Crippen LogP contribution in [0.15, 0.2) is 12.3 Å². The van der Waals surface area contributed by atoms with E-state index in [4.69, 9.17) is 10.2 Å². The van der Waals surface area contributed by atoms with Gasteiger partial charge in [-0.3, -0.25) is 0 Å². The molecule has 0 aliphatic rings. The molecule has 0 aromatic carbocycles. The highest BCUT2D eigenvalue weighted by atomic mass is 16.4. The van der Waals surface area contributed by atoms with E-state index in [1.54, 1.807) is 6.92 Å². The van der Waals surface area contributed by atoms with Crippen molar-refractivity contribution in [2.75, 3.05) is 0 Å². The van der Waals surface area contributed by atoms with Gasteiger partial charge in [0.25, 0.3) is 0 Å². The van der Waals surface area contributed by atoms with E-state index >= 15 is 0 Å². The van der Waals surface area contributed by atoms with Gasteiger partial charge >= 0.3 is 11.9 Å². The van der Waals surface area contributed by atoms with E-state index in [0.717, 1.165) is 6.07 Å². The van der Waals surface area contributed by atoms with Gasteiger partial charge in [0.2, 0.25) is 0 Å². The quantitative estimate of drug-likeness (QED) is 0.752. The average Bonchev–Trinajstić information content (AvgIpc) is 2.16. The topological polar surface area (TPSA) is 87.5 Å². The van der Waals surface area contributed by atoms with Crippen LogP contribution in [0.25, 0.3) is 0 Å². The molecule has 14 heavy (non-hydrogen) atoms. The Balaban J connectivity index is 3.27. The van der Waals surface area contributed by atoms with E-state index in [9.17, 15) is 9.59 Å². The Labute approximate surface area is 80.0 Å². The van der Waals surface area contributed by atoms with Crippen molar-refractivity contribution in [3.63, 3.8) is 0 Å². The summed E-state index contributed by atoms with van der Waals surface area (Å²) in [5.41, 5.74) is 0.280. The minimum Gasteiger partial charge on any atom is -0.478 e. The third-order valence-electron chi connectivity index (χ3n) is 1.82. The van der Waals surface area contributed by atoms with Crippen molar-refractivity contribution in [1.82, 2.24) is 4.98 Å². The first-order valence-corrected chi connectivity index (χ1v) is 4.01. The zero-order valence-corrected chi connectivity index (χ0v) is 7.52. The smallest absolute Gasteiger partial charge is 0.354 e. The molecule has 0 radical (unpaired) electrons. The summed E-state index contributed by atoms with van der Waals surface area (Å²) in [4.78, 5) is 24.9. The minimum absolute atomic E-state index is 0.0000926. The van der Waals surface area contributed by atoms with E-state index in [-0.39, 0.29) is 11.3 Å². The molecule has 0 bridgehead atoms. The highest BCUT2D eigenvalue weighted by molar-refractivity contribution is 5.93. The summed E-state index contributed by atoms with van der Waals surface area (Å²) in [6, 6.07) is 1.07. The second kappa shape index (κ2) is 3.87. The molecule has 0 amide bonds. The first-order chi connectivity index (χ1) is 6.56. The summed E-state index contributed by atoms with van der Waals surface area (Å²) >= 11 is 0. The van der Waals surface area contributed by atoms with E-state index < -0.39 is 11.9 Å². The van der Waals surface area contributed by atoms with Crippen LogP contribution in [0.2, 0.25) is 0 Å². The van der Waals surface area contributed by atoms with E-state index in [1.165, 1.54) is 6.20 Å². The van der Waals surface area contributed by atoms with Gasteiger partial charge in [-0.2, -0.15) is 0 Å². The Kier molecular flexibility index (Phi) is 2.81. The second-order valence-electron chi connectivity index (χ2n) is 2.69. The zero-order chi connectivity index (χ0) is 10.7. The molecular weight excluding hydrogens is 186 g/mol. The predicted molar refractivity (Wildman–Crippen MR) is 47.5 cm³/mol. The number of carboxylic acids is 2. The molecule has 0 atom stereocenters. The summed E-state index contributed by atoms with van der Waals surface area (Å²) in [6.45, 7) is 1.78. The van der Waals surface area contributed by atoms with E-state index in [2.05, 4.69) is 4.98 Å². The first-order valence-electron chi connectivity index (χ1n) is 4.01. The fourth-order valence-corrected chi connectivity index (χ4v) is 1.08. The molecule has 0 saturated carbocycles. The Hall–Kier alpha value is -1.91. The lowest BCUT2D eigenvalue weighted by atomic mass is 10.1. The van der Waals surface area contributed by atoms with Crippen LogP contribution in [-0.4, -0.2) is 27.1 Å². The molecule has 5 nitrogen and oxygen atoms in total. The molecule has 0 aliphatic carbocycles. The lowest BCUT2D eigenvalue weighted by Crippen LogP contribution is -2.08. The molecular formula is C9H9NO4. The predicted octanol–water partition coefficient (Wildman–Crippen LogP) is 1.04. The van der Waals surface area contributed by atoms with Crippen LogP contribution < -0.4 is 0 Å². The van der Waals surface area contributed by atoms with Crippen LogP contribution in [-0.2, 0) is 6.42 Å². The molecule has 0 aliphatic heterocycles. The SMILES string of the molecule is CCc1cnc(C(=O)O)cc1C(=O)O. The van der Waals surface area contributed by atoms with Crippen molar-refractivity contribution >= 4 is 11.9 Å². The highest BCUT2D eigenvalue weighted by Gasteiger charge is 2.13. The lowest BCUT2D eigenvalue weighted by Gasteiger charge is -2.03. The Morgan fingerprint density at radius 2 is 2.00 bits per heavy atom. The van der Waals surface area contributed by atoms with Gasteiger partial charge < -0.3 is 10.2 Å². The molecule has 1 rings (SSSR count). The summed E-state index contributed by atoms with van der Waals surface area (Å²) in [6.07, 6.45) is 1.79.